The fourth-order valence-electron chi connectivity index (χ4n) is 2.88. The molecule has 130 valence electrons. The molecule has 1 aromatic carbocycles. The van der Waals surface area contributed by atoms with Crippen molar-refractivity contribution >= 4 is 22.5 Å². The van der Waals surface area contributed by atoms with Crippen LogP contribution in [0, 0.1) is 11.7 Å². The van der Waals surface area contributed by atoms with Gasteiger partial charge in [-0.05, 0) is 30.2 Å². The highest BCUT2D eigenvalue weighted by molar-refractivity contribution is 6.06. The minimum absolute atomic E-state index is 0.106. The van der Waals surface area contributed by atoms with E-state index in [0.717, 1.165) is 0 Å². The maximum atomic E-state index is 13.7. The molecule has 25 heavy (non-hydrogen) atoms. The average molecular weight is 341 g/mol. The summed E-state index contributed by atoms with van der Waals surface area (Å²) in [4.78, 5) is 25.1. The highest BCUT2D eigenvalue weighted by Gasteiger charge is 2.17. The van der Waals surface area contributed by atoms with Crippen LogP contribution in [0.2, 0.25) is 0 Å². The molecule has 1 N–H and O–H groups in total. The van der Waals surface area contributed by atoms with Gasteiger partial charge in [-0.15, -0.1) is 0 Å². The van der Waals surface area contributed by atoms with Crippen molar-refractivity contribution in [1.29, 1.82) is 0 Å². The molecule has 2 aromatic heterocycles. The number of nitrogens with one attached hydrogen (secondary N) is 1. The standard InChI is InChI=1S/C19H20FN3O2/c1-12(2)11-23-9-8-16-13(19(23)25)10-17(22(16)3)18(24)21-15-7-5-4-6-14(15)20/h4-10,12H,11H2,1-3H3,(H,21,24). The van der Waals surface area contributed by atoms with Gasteiger partial charge in [-0.25, -0.2) is 4.39 Å². The summed E-state index contributed by atoms with van der Waals surface area (Å²) in [7, 11) is 1.71. The lowest BCUT2D eigenvalue weighted by Gasteiger charge is -2.09. The number of carbonyl (C=O) groups is 1. The molecule has 1 amide bonds. The molecule has 0 radical (unpaired) electrons. The summed E-state index contributed by atoms with van der Waals surface area (Å²) >= 11 is 0. The predicted octanol–water partition coefficient (Wildman–Crippen LogP) is 3.39. The molecule has 0 bridgehead atoms. The molecule has 0 saturated heterocycles. The number of pyridine rings is 1. The summed E-state index contributed by atoms with van der Waals surface area (Å²) in [6.45, 7) is 4.68. The molecule has 3 aromatic rings. The van der Waals surface area contributed by atoms with Crippen LogP contribution in [0.3, 0.4) is 0 Å². The number of aromatic nitrogens is 2. The van der Waals surface area contributed by atoms with E-state index in [9.17, 15) is 14.0 Å². The summed E-state index contributed by atoms with van der Waals surface area (Å²) < 4.78 is 17.0. The monoisotopic (exact) mass is 341 g/mol. The fourth-order valence-corrected chi connectivity index (χ4v) is 2.88. The predicted molar refractivity (Wildman–Crippen MR) is 96.4 cm³/mol. The molecule has 0 spiro atoms. The Balaban J connectivity index is 2.01. The second-order valence-corrected chi connectivity index (χ2v) is 6.49. The van der Waals surface area contributed by atoms with Crippen molar-refractivity contribution in [3.05, 3.63) is 64.5 Å². The summed E-state index contributed by atoms with van der Waals surface area (Å²) in [5, 5.41) is 3.03. The van der Waals surface area contributed by atoms with E-state index in [4.69, 9.17) is 0 Å². The number of hydrogen-bond acceptors (Lipinski definition) is 2. The van der Waals surface area contributed by atoms with E-state index in [2.05, 4.69) is 5.32 Å². The summed E-state index contributed by atoms with van der Waals surface area (Å²) in [6.07, 6.45) is 1.74. The van der Waals surface area contributed by atoms with Gasteiger partial charge in [0.15, 0.2) is 0 Å². The van der Waals surface area contributed by atoms with E-state index in [1.807, 2.05) is 19.9 Å². The molecule has 2 heterocycles. The van der Waals surface area contributed by atoms with E-state index >= 15 is 0 Å². The third-order valence-electron chi connectivity index (χ3n) is 4.10. The van der Waals surface area contributed by atoms with Gasteiger partial charge in [0.1, 0.15) is 11.5 Å². The van der Waals surface area contributed by atoms with E-state index < -0.39 is 11.7 Å². The molecule has 0 saturated carbocycles. The van der Waals surface area contributed by atoms with Crippen LogP contribution >= 0.6 is 0 Å². The van der Waals surface area contributed by atoms with Crippen molar-refractivity contribution < 1.29 is 9.18 Å². The largest absolute Gasteiger partial charge is 0.339 e. The van der Waals surface area contributed by atoms with Gasteiger partial charge < -0.3 is 14.5 Å². The van der Waals surface area contributed by atoms with Crippen LogP contribution in [0.25, 0.3) is 10.9 Å². The molecule has 0 aliphatic heterocycles. The zero-order chi connectivity index (χ0) is 18.1. The minimum Gasteiger partial charge on any atom is -0.339 e. The van der Waals surface area contributed by atoms with Gasteiger partial charge in [-0.3, -0.25) is 9.59 Å². The maximum Gasteiger partial charge on any atom is 0.272 e. The third kappa shape index (κ3) is 3.20. The maximum absolute atomic E-state index is 13.7. The van der Waals surface area contributed by atoms with Crippen LogP contribution in [-0.2, 0) is 13.6 Å². The molecule has 6 heteroatoms. The highest BCUT2D eigenvalue weighted by atomic mass is 19.1. The van der Waals surface area contributed by atoms with Crippen LogP contribution in [-0.4, -0.2) is 15.0 Å². The number of anilines is 1. The number of halogens is 1. The zero-order valence-corrected chi connectivity index (χ0v) is 14.4. The molecule has 0 unspecified atom stereocenters. The highest BCUT2D eigenvalue weighted by Crippen LogP contribution is 2.18. The lowest BCUT2D eigenvalue weighted by atomic mass is 10.2. The molecule has 0 fully saturated rings. The first-order chi connectivity index (χ1) is 11.9. The Kier molecular flexibility index (Phi) is 4.44. The zero-order valence-electron chi connectivity index (χ0n) is 14.4. The van der Waals surface area contributed by atoms with Crippen molar-refractivity contribution in [3.63, 3.8) is 0 Å². The number of nitrogens with zero attached hydrogens (tertiary/aromatic N) is 2. The molecule has 0 aliphatic rings. The topological polar surface area (TPSA) is 56.0 Å². The minimum atomic E-state index is -0.506. The first-order valence-corrected chi connectivity index (χ1v) is 8.13. The average Bonchev–Trinajstić information content (AvgIpc) is 2.90. The number of aryl methyl sites for hydroxylation is 1. The lowest BCUT2D eigenvalue weighted by molar-refractivity contribution is 0.101. The van der Waals surface area contributed by atoms with Crippen molar-refractivity contribution in [1.82, 2.24) is 9.13 Å². The van der Waals surface area contributed by atoms with E-state index in [-0.39, 0.29) is 11.2 Å². The molecule has 0 aliphatic carbocycles. The fraction of sp³-hybridized carbons (Fsp3) is 0.263. The van der Waals surface area contributed by atoms with E-state index in [0.29, 0.717) is 29.1 Å². The van der Waals surface area contributed by atoms with Gasteiger partial charge in [0, 0.05) is 19.8 Å². The first kappa shape index (κ1) is 17.0. The lowest BCUT2D eigenvalue weighted by Crippen LogP contribution is -2.21. The van der Waals surface area contributed by atoms with Crippen molar-refractivity contribution in [2.45, 2.75) is 20.4 Å². The molecule has 3 rings (SSSR count). The Hall–Kier alpha value is -2.89. The van der Waals surface area contributed by atoms with Gasteiger partial charge in [0.25, 0.3) is 11.5 Å². The Labute approximate surface area is 144 Å². The van der Waals surface area contributed by atoms with E-state index in [1.165, 1.54) is 12.1 Å². The van der Waals surface area contributed by atoms with Crippen molar-refractivity contribution in [3.8, 4) is 0 Å². The quantitative estimate of drug-likeness (QED) is 0.791. The molecule has 5 nitrogen and oxygen atoms in total. The number of amides is 1. The van der Waals surface area contributed by atoms with Crippen molar-refractivity contribution in [2.24, 2.45) is 13.0 Å². The van der Waals surface area contributed by atoms with Crippen LogP contribution in [0.15, 0.2) is 47.4 Å². The number of rotatable bonds is 4. The summed E-state index contributed by atoms with van der Waals surface area (Å²) in [5.74, 6) is -0.629. The van der Waals surface area contributed by atoms with Crippen LogP contribution in [0.4, 0.5) is 10.1 Å². The number of fused-ring (bicyclic) bond motifs is 1. The van der Waals surface area contributed by atoms with Crippen molar-refractivity contribution in [2.75, 3.05) is 5.32 Å². The first-order valence-electron chi connectivity index (χ1n) is 8.13. The Morgan fingerprint density at radius 3 is 2.64 bits per heavy atom. The number of para-hydroxylation sites is 1. The summed E-state index contributed by atoms with van der Waals surface area (Å²) in [5.41, 5.74) is 0.947. The van der Waals surface area contributed by atoms with Gasteiger partial charge in [-0.2, -0.15) is 0 Å². The molecule has 0 atom stereocenters. The van der Waals surface area contributed by atoms with Crippen LogP contribution in [0.5, 0.6) is 0 Å². The Morgan fingerprint density at radius 2 is 1.96 bits per heavy atom. The molecular weight excluding hydrogens is 321 g/mol. The smallest absolute Gasteiger partial charge is 0.272 e. The Bertz CT molecular complexity index is 1000. The number of carbonyl (C=O) groups excluding carboxylic acids is 1. The van der Waals surface area contributed by atoms with Gasteiger partial charge in [0.2, 0.25) is 0 Å². The summed E-state index contributed by atoms with van der Waals surface area (Å²) in [6, 6.07) is 9.35. The van der Waals surface area contributed by atoms with E-state index in [1.54, 1.807) is 40.6 Å². The number of benzene rings is 1. The second kappa shape index (κ2) is 6.55. The van der Waals surface area contributed by atoms with Crippen LogP contribution < -0.4 is 10.9 Å². The SMILES string of the molecule is CC(C)Cn1ccc2c(cc(C(=O)Nc3ccccc3F)n2C)c1=O. The van der Waals surface area contributed by atoms with Gasteiger partial charge in [-0.1, -0.05) is 26.0 Å². The molecular formula is C19H20FN3O2. The second-order valence-electron chi connectivity index (χ2n) is 6.49. The Morgan fingerprint density at radius 1 is 1.24 bits per heavy atom. The van der Waals surface area contributed by atoms with Crippen LogP contribution in [0.1, 0.15) is 24.3 Å². The number of hydrogen-bond donors (Lipinski definition) is 1. The van der Waals surface area contributed by atoms with Gasteiger partial charge in [0.05, 0.1) is 16.6 Å². The van der Waals surface area contributed by atoms with Gasteiger partial charge >= 0.3 is 0 Å². The normalized spacial score (nSPS) is 11.2. The third-order valence-corrected chi connectivity index (χ3v) is 4.10.